The Labute approximate surface area is 238 Å². The zero-order valence-corrected chi connectivity index (χ0v) is 21.9. The molecular formula is C32H22N2O8. The largest absolute Gasteiger partial charge is 0.508 e. The van der Waals surface area contributed by atoms with Gasteiger partial charge in [-0.1, -0.05) is 36.4 Å². The lowest BCUT2D eigenvalue weighted by molar-refractivity contribution is -0.144. The molecule has 0 radical (unpaired) electrons. The van der Waals surface area contributed by atoms with E-state index in [2.05, 4.69) is 5.32 Å². The van der Waals surface area contributed by atoms with Crippen LogP contribution in [0.2, 0.25) is 0 Å². The molecule has 0 fully saturated rings. The van der Waals surface area contributed by atoms with Crippen molar-refractivity contribution in [2.45, 2.75) is 12.5 Å². The molecule has 208 valence electrons. The molecule has 3 aromatic rings. The molecule has 3 N–H and O–H groups in total. The molecule has 0 unspecified atom stereocenters. The first-order valence-electron chi connectivity index (χ1n) is 12.7. The lowest BCUT2D eigenvalue weighted by Crippen LogP contribution is -2.43. The van der Waals surface area contributed by atoms with E-state index < -0.39 is 30.5 Å². The highest BCUT2D eigenvalue weighted by atomic mass is 16.5. The van der Waals surface area contributed by atoms with Crippen LogP contribution in [0.15, 0.2) is 94.1 Å². The summed E-state index contributed by atoms with van der Waals surface area (Å²) in [6.45, 7) is -0.491. The minimum absolute atomic E-state index is 0.0315. The van der Waals surface area contributed by atoms with Gasteiger partial charge < -0.3 is 24.7 Å². The van der Waals surface area contributed by atoms with Crippen molar-refractivity contribution in [1.29, 1.82) is 5.26 Å². The first kappa shape index (κ1) is 27.6. The number of phenols is 1. The van der Waals surface area contributed by atoms with E-state index >= 15 is 0 Å². The van der Waals surface area contributed by atoms with Crippen molar-refractivity contribution in [1.82, 2.24) is 5.32 Å². The number of aromatic carboxylic acids is 1. The van der Waals surface area contributed by atoms with Gasteiger partial charge in [0, 0.05) is 40.6 Å². The van der Waals surface area contributed by atoms with E-state index in [1.54, 1.807) is 42.5 Å². The van der Waals surface area contributed by atoms with Crippen LogP contribution in [0.3, 0.4) is 0 Å². The molecule has 5 rings (SSSR count). The molecular weight excluding hydrogens is 540 g/mol. The van der Waals surface area contributed by atoms with E-state index in [4.69, 9.17) is 14.4 Å². The second-order valence-electron chi connectivity index (χ2n) is 9.36. The average molecular weight is 563 g/mol. The van der Waals surface area contributed by atoms with Crippen LogP contribution in [-0.2, 0) is 16.0 Å². The highest BCUT2D eigenvalue weighted by Crippen LogP contribution is 2.42. The standard InChI is InChI=1S/C32H22N2O8/c33-12-13-41-32(40)26(14-18-4-2-1-3-5-18)34-30(37)19-6-9-22(25(15-19)31(38)39)29-23-10-7-20(35)16-27(23)42-28-17-21(36)8-11-24(28)29/h1-11,15-17,26,35H,13-14H2,(H,34,37)(H,38,39)/t26-/m0/s1. The Morgan fingerprint density at radius 3 is 2.45 bits per heavy atom. The predicted molar refractivity (Wildman–Crippen MR) is 151 cm³/mol. The van der Waals surface area contributed by atoms with Crippen LogP contribution in [0, 0.1) is 11.3 Å². The topological polar surface area (TPSA) is 167 Å². The summed E-state index contributed by atoms with van der Waals surface area (Å²) in [5.41, 5.74) is 1.51. The number of fused-ring (bicyclic) bond motifs is 2. The van der Waals surface area contributed by atoms with Gasteiger partial charge in [-0.2, -0.15) is 5.26 Å². The molecule has 2 aliphatic rings. The number of aromatic hydroxyl groups is 1. The van der Waals surface area contributed by atoms with E-state index in [1.165, 1.54) is 48.5 Å². The Balaban J connectivity index is 1.57. The fraction of sp³-hybridized carbons (Fsp3) is 0.0938. The van der Waals surface area contributed by atoms with Gasteiger partial charge in [0.15, 0.2) is 12.0 Å². The second-order valence-corrected chi connectivity index (χ2v) is 9.36. The number of hydrogen-bond acceptors (Lipinski definition) is 8. The molecule has 1 amide bonds. The summed E-state index contributed by atoms with van der Waals surface area (Å²) in [5.74, 6) is -2.75. The molecule has 1 aliphatic carbocycles. The normalized spacial score (nSPS) is 11.5. The van der Waals surface area contributed by atoms with Gasteiger partial charge in [0.1, 0.15) is 29.2 Å². The van der Waals surface area contributed by atoms with Crippen LogP contribution in [0.4, 0.5) is 0 Å². The molecule has 10 heteroatoms. The summed E-state index contributed by atoms with van der Waals surface area (Å²) in [6.07, 6.45) is 0.0841. The zero-order valence-electron chi connectivity index (χ0n) is 21.9. The molecule has 1 atom stereocenters. The molecule has 10 nitrogen and oxygen atoms in total. The van der Waals surface area contributed by atoms with Crippen molar-refractivity contribution in [3.63, 3.8) is 0 Å². The first-order chi connectivity index (χ1) is 20.2. The number of carboxylic acids is 1. The Hall–Kier alpha value is -5.95. The highest BCUT2D eigenvalue weighted by Gasteiger charge is 2.26. The first-order valence-corrected chi connectivity index (χ1v) is 12.7. The summed E-state index contributed by atoms with van der Waals surface area (Å²) in [5, 5.41) is 32.1. The zero-order chi connectivity index (χ0) is 29.8. The van der Waals surface area contributed by atoms with Gasteiger partial charge in [-0.3, -0.25) is 9.59 Å². The fourth-order valence-electron chi connectivity index (χ4n) is 4.72. The van der Waals surface area contributed by atoms with Crippen molar-refractivity contribution in [3.05, 3.63) is 112 Å². The van der Waals surface area contributed by atoms with Gasteiger partial charge in [0.25, 0.3) is 5.91 Å². The fourth-order valence-corrected chi connectivity index (χ4v) is 4.72. The van der Waals surface area contributed by atoms with Crippen LogP contribution in [0.1, 0.15) is 26.3 Å². The molecule has 1 aliphatic heterocycles. The number of carbonyl (C=O) groups excluding carboxylic acids is 2. The molecule has 0 aromatic heterocycles. The number of ether oxygens (including phenoxy) is 1. The summed E-state index contributed by atoms with van der Waals surface area (Å²) < 4.78 is 10.8. The molecule has 42 heavy (non-hydrogen) atoms. The number of esters is 1. The van der Waals surface area contributed by atoms with Crippen LogP contribution in [0.5, 0.6) is 5.75 Å². The van der Waals surface area contributed by atoms with E-state index in [9.17, 15) is 29.4 Å². The molecule has 0 saturated heterocycles. The van der Waals surface area contributed by atoms with Crippen molar-refractivity contribution in [2.24, 2.45) is 0 Å². The maximum absolute atomic E-state index is 13.3. The van der Waals surface area contributed by atoms with Crippen molar-refractivity contribution in [3.8, 4) is 34.3 Å². The lowest BCUT2D eigenvalue weighted by Gasteiger charge is -2.19. The minimum atomic E-state index is -1.32. The Kier molecular flexibility index (Phi) is 7.66. The summed E-state index contributed by atoms with van der Waals surface area (Å²) >= 11 is 0. The van der Waals surface area contributed by atoms with Gasteiger partial charge in [-0.25, -0.2) is 9.59 Å². The van der Waals surface area contributed by atoms with Crippen LogP contribution in [-0.4, -0.2) is 40.7 Å². The molecule has 0 saturated carbocycles. The summed E-state index contributed by atoms with van der Waals surface area (Å²) in [7, 11) is 0. The third-order valence-corrected chi connectivity index (χ3v) is 6.61. The number of nitrogens with zero attached hydrogens (tertiary/aromatic N) is 1. The maximum Gasteiger partial charge on any atom is 0.336 e. The number of nitrogens with one attached hydrogen (secondary N) is 1. The van der Waals surface area contributed by atoms with Crippen LogP contribution in [0.25, 0.3) is 33.4 Å². The van der Waals surface area contributed by atoms with Crippen molar-refractivity contribution >= 4 is 28.8 Å². The van der Waals surface area contributed by atoms with Gasteiger partial charge in [0.05, 0.1) is 5.56 Å². The van der Waals surface area contributed by atoms with Crippen molar-refractivity contribution < 1.29 is 33.8 Å². The number of carboxylic acid groups (broad SMARTS) is 1. The highest BCUT2D eigenvalue weighted by molar-refractivity contribution is 6.09. The van der Waals surface area contributed by atoms with Crippen molar-refractivity contribution in [2.75, 3.05) is 6.61 Å². The van der Waals surface area contributed by atoms with E-state index in [0.717, 1.165) is 5.56 Å². The average Bonchev–Trinajstić information content (AvgIpc) is 2.98. The number of hydrogen-bond donors (Lipinski definition) is 3. The minimum Gasteiger partial charge on any atom is -0.508 e. The number of phenolic OH excluding ortho intramolecular Hbond substituents is 1. The van der Waals surface area contributed by atoms with E-state index in [0.29, 0.717) is 16.5 Å². The van der Waals surface area contributed by atoms with Crippen LogP contribution >= 0.6 is 0 Å². The van der Waals surface area contributed by atoms with Crippen LogP contribution < -0.4 is 10.7 Å². The Morgan fingerprint density at radius 1 is 0.952 bits per heavy atom. The summed E-state index contributed by atoms with van der Waals surface area (Å²) in [4.78, 5) is 50.5. The molecule has 0 bridgehead atoms. The number of nitriles is 1. The number of carbonyl (C=O) groups is 3. The second kappa shape index (κ2) is 11.7. The quantitative estimate of drug-likeness (QED) is 0.184. The third-order valence-electron chi connectivity index (χ3n) is 6.61. The SMILES string of the molecule is N#CCOC(=O)[C@H](Cc1ccccc1)NC(=O)c1ccc(-c2c3ccc(=O)cc-3oc3cc(O)ccc23)c(C(=O)O)c1. The van der Waals surface area contributed by atoms with Gasteiger partial charge in [-0.15, -0.1) is 0 Å². The number of amides is 1. The van der Waals surface area contributed by atoms with Gasteiger partial charge >= 0.3 is 11.9 Å². The lowest BCUT2D eigenvalue weighted by atomic mass is 9.89. The number of rotatable bonds is 8. The summed E-state index contributed by atoms with van der Waals surface area (Å²) in [6, 6.07) is 22.0. The number of benzene rings is 4. The smallest absolute Gasteiger partial charge is 0.336 e. The molecule has 1 heterocycles. The van der Waals surface area contributed by atoms with E-state index in [1.807, 2.05) is 0 Å². The third kappa shape index (κ3) is 5.66. The van der Waals surface area contributed by atoms with Gasteiger partial charge in [-0.05, 0) is 47.5 Å². The molecule has 3 aromatic carbocycles. The molecule has 0 spiro atoms. The Morgan fingerprint density at radius 2 is 1.71 bits per heavy atom. The van der Waals surface area contributed by atoms with Gasteiger partial charge in [0.2, 0.25) is 0 Å². The van der Waals surface area contributed by atoms with E-state index in [-0.39, 0.29) is 45.6 Å². The monoisotopic (exact) mass is 562 g/mol. The maximum atomic E-state index is 13.3. The predicted octanol–water partition coefficient (Wildman–Crippen LogP) is 4.38. The Bertz CT molecular complexity index is 1910.